The molecule has 0 bridgehead atoms. The molecule has 59 heavy (non-hydrogen) atoms. The van der Waals surface area contributed by atoms with Gasteiger partial charge in [0.05, 0.1) is 31.2 Å². The summed E-state index contributed by atoms with van der Waals surface area (Å²) >= 11 is 12.8. The van der Waals surface area contributed by atoms with Crippen molar-refractivity contribution in [1.29, 1.82) is 0 Å². The summed E-state index contributed by atoms with van der Waals surface area (Å²) in [7, 11) is 0. The Balaban J connectivity index is 1.04. The maximum atomic E-state index is 14.4. The molecule has 3 aliphatic rings. The first kappa shape index (κ1) is 41.9. The van der Waals surface area contributed by atoms with E-state index in [2.05, 4.69) is 36.6 Å². The van der Waals surface area contributed by atoms with Crippen molar-refractivity contribution in [3.63, 3.8) is 0 Å². The topological polar surface area (TPSA) is 193 Å². The molecule has 2 aromatic heterocycles. The molecule has 3 aliphatic heterocycles. The second-order valence-corrected chi connectivity index (χ2v) is 16.7. The first-order valence-corrected chi connectivity index (χ1v) is 20.3. The Morgan fingerprint density at radius 2 is 1.92 bits per heavy atom. The normalized spacial score (nSPS) is 21.3. The van der Waals surface area contributed by atoms with Crippen molar-refractivity contribution in [2.75, 3.05) is 26.4 Å². The first-order chi connectivity index (χ1) is 28.3. The zero-order valence-corrected chi connectivity index (χ0v) is 34.6. The van der Waals surface area contributed by atoms with Gasteiger partial charge in [0.25, 0.3) is 0 Å². The second kappa shape index (κ2) is 17.9. The number of aromatic nitrogens is 3. The predicted molar refractivity (Wildman–Crippen MR) is 220 cm³/mol. The summed E-state index contributed by atoms with van der Waals surface area (Å²) in [5.41, 5.74) is 2.21. The average molecular weight is 851 g/mol. The summed E-state index contributed by atoms with van der Waals surface area (Å²) in [5.74, 6) is -2.66. The summed E-state index contributed by atoms with van der Waals surface area (Å²) < 4.78 is 20.2. The Hall–Kier alpha value is -5.29. The third-order valence-electron chi connectivity index (χ3n) is 10.3. The molecule has 16 nitrogen and oxygen atoms in total. The number of hydrogen-bond acceptors (Lipinski definition) is 10. The average Bonchev–Trinajstić information content (AvgIpc) is 4.04. The van der Waals surface area contributed by atoms with Gasteiger partial charge in [-0.1, -0.05) is 47.5 Å². The van der Waals surface area contributed by atoms with Gasteiger partial charge in [-0.2, -0.15) is 0 Å². The molecule has 0 unspecified atom stereocenters. The third kappa shape index (κ3) is 10.1. The van der Waals surface area contributed by atoms with E-state index in [1.807, 2.05) is 35.0 Å². The number of carbonyl (C=O) groups is 4. The van der Waals surface area contributed by atoms with Gasteiger partial charge in [-0.25, -0.2) is 9.78 Å². The van der Waals surface area contributed by atoms with E-state index in [4.69, 9.17) is 37.4 Å². The lowest BCUT2D eigenvalue weighted by Crippen LogP contribution is -2.57. The van der Waals surface area contributed by atoms with Crippen molar-refractivity contribution in [1.82, 2.24) is 46.0 Å². The number of para-hydroxylation sites is 1. The minimum atomic E-state index is -1.29. The molecule has 2 fully saturated rings. The number of nitrogens with zero attached hydrogens (tertiary/aromatic N) is 3. The maximum Gasteiger partial charge on any atom is 0.408 e. The van der Waals surface area contributed by atoms with E-state index in [1.165, 1.54) is 4.90 Å². The number of fused-ring (bicyclic) bond motifs is 1. The molecule has 0 radical (unpaired) electrons. The number of halogens is 2. The van der Waals surface area contributed by atoms with Crippen molar-refractivity contribution >= 4 is 57.9 Å². The van der Waals surface area contributed by atoms with Gasteiger partial charge < -0.3 is 55.2 Å². The largest absolute Gasteiger partial charge is 0.444 e. The Labute approximate surface area is 351 Å². The second-order valence-electron chi connectivity index (χ2n) is 15.9. The molecule has 4 amide bonds. The standard InChI is InChI=1S/C41H49Cl2N9O7/c1-40(2,3)59-39(56)50-34(15-25-18-46-32-8-5-4-7-29(25)32)38(55)52-13-6-9-35(52)37(54)49-33(17-27-19-45-23-48-27)36(53)47-20-28-21-57-41(58-28,22-51-14-12-44-24-51)30-11-10-26(42)16-31(30)43/h4-5,7-8,10-12,14,16,18-19,24,28,33-35,45-46,48H,6,9,13,15,17,20-23H2,1-3H3,(H,47,53)(H,49,54)(H,50,56)/t28-,33-,34-,35-,41-/m0/s1. The predicted octanol–water partition coefficient (Wildman–Crippen LogP) is 4.05. The van der Waals surface area contributed by atoms with E-state index in [-0.39, 0.29) is 32.5 Å². The smallest absolute Gasteiger partial charge is 0.408 e. The van der Waals surface area contributed by atoms with Crippen LogP contribution in [0.2, 0.25) is 10.0 Å². The Kier molecular flexibility index (Phi) is 12.7. The van der Waals surface area contributed by atoms with Crippen molar-refractivity contribution < 1.29 is 33.4 Å². The quantitative estimate of drug-likeness (QED) is 0.108. The van der Waals surface area contributed by atoms with Crippen molar-refractivity contribution in [3.05, 3.63) is 100 Å². The summed E-state index contributed by atoms with van der Waals surface area (Å²) in [6.45, 7) is 6.43. The molecule has 5 heterocycles. The fourth-order valence-corrected chi connectivity index (χ4v) is 8.18. The lowest BCUT2D eigenvalue weighted by atomic mass is 10.0. The van der Waals surface area contributed by atoms with Crippen molar-refractivity contribution in [3.8, 4) is 0 Å². The zero-order valence-electron chi connectivity index (χ0n) is 33.1. The number of ether oxygens (including phenoxy) is 3. The highest BCUT2D eigenvalue weighted by molar-refractivity contribution is 6.35. The lowest BCUT2D eigenvalue weighted by molar-refractivity contribution is -0.186. The number of imidazole rings is 1. The van der Waals surface area contributed by atoms with Crippen LogP contribution in [0, 0.1) is 0 Å². The first-order valence-electron chi connectivity index (χ1n) is 19.6. The van der Waals surface area contributed by atoms with Crippen LogP contribution in [0.5, 0.6) is 0 Å². The monoisotopic (exact) mass is 849 g/mol. The van der Waals surface area contributed by atoms with Crippen LogP contribution < -0.4 is 26.6 Å². The number of aromatic amines is 1. The van der Waals surface area contributed by atoms with Gasteiger partial charge in [0.2, 0.25) is 23.5 Å². The van der Waals surface area contributed by atoms with E-state index in [0.29, 0.717) is 41.7 Å². The van der Waals surface area contributed by atoms with Crippen LogP contribution in [0.25, 0.3) is 10.9 Å². The zero-order chi connectivity index (χ0) is 41.7. The van der Waals surface area contributed by atoms with Gasteiger partial charge in [-0.3, -0.25) is 14.4 Å². The fraction of sp³-hybridized carbons (Fsp3) is 0.439. The van der Waals surface area contributed by atoms with Crippen LogP contribution in [0.1, 0.15) is 51.2 Å². The molecule has 5 atom stereocenters. The highest BCUT2D eigenvalue weighted by Crippen LogP contribution is 2.40. The number of benzene rings is 2. The van der Waals surface area contributed by atoms with Crippen LogP contribution in [-0.2, 0) is 47.3 Å². The molecular weight excluding hydrogens is 801 g/mol. The van der Waals surface area contributed by atoms with Crippen molar-refractivity contribution in [2.24, 2.45) is 0 Å². The molecule has 314 valence electrons. The number of hydrogen-bond donors (Lipinski definition) is 6. The van der Waals surface area contributed by atoms with E-state index < -0.39 is 59.4 Å². The van der Waals surface area contributed by atoms with Gasteiger partial charge in [0, 0.05) is 77.9 Å². The van der Waals surface area contributed by atoms with Gasteiger partial charge in [-0.15, -0.1) is 0 Å². The molecule has 0 spiro atoms. The number of alkyl carbamates (subject to hydrolysis) is 1. The van der Waals surface area contributed by atoms with Gasteiger partial charge in [-0.05, 0) is 57.4 Å². The van der Waals surface area contributed by atoms with E-state index >= 15 is 0 Å². The Bertz CT molecular complexity index is 2190. The highest BCUT2D eigenvalue weighted by atomic mass is 35.5. The van der Waals surface area contributed by atoms with Crippen LogP contribution in [-0.4, -0.2) is 99.4 Å². The number of nitrogens with one attached hydrogen (secondary N) is 6. The Morgan fingerprint density at radius 3 is 2.66 bits per heavy atom. The van der Waals surface area contributed by atoms with E-state index in [1.54, 1.807) is 63.9 Å². The molecule has 0 aliphatic carbocycles. The summed E-state index contributed by atoms with van der Waals surface area (Å²) in [4.78, 5) is 64.4. The van der Waals surface area contributed by atoms with Crippen LogP contribution in [0.15, 0.2) is 79.3 Å². The summed E-state index contributed by atoms with van der Waals surface area (Å²) in [6.07, 6.45) is 8.56. The molecule has 2 saturated heterocycles. The third-order valence-corrected chi connectivity index (χ3v) is 10.9. The highest BCUT2D eigenvalue weighted by Gasteiger charge is 2.46. The van der Waals surface area contributed by atoms with Gasteiger partial charge in [0.15, 0.2) is 0 Å². The Morgan fingerprint density at radius 1 is 1.08 bits per heavy atom. The fourth-order valence-electron chi connectivity index (χ4n) is 7.62. The minimum Gasteiger partial charge on any atom is -0.444 e. The number of amides is 4. The van der Waals surface area contributed by atoms with Crippen LogP contribution in [0.4, 0.5) is 4.79 Å². The minimum absolute atomic E-state index is 0.0622. The molecule has 18 heteroatoms. The van der Waals surface area contributed by atoms with E-state index in [9.17, 15) is 19.2 Å². The van der Waals surface area contributed by atoms with Crippen LogP contribution in [0.3, 0.4) is 0 Å². The number of rotatable bonds is 14. The molecule has 6 N–H and O–H groups in total. The molecule has 0 saturated carbocycles. The van der Waals surface area contributed by atoms with E-state index in [0.717, 1.165) is 22.2 Å². The van der Waals surface area contributed by atoms with Gasteiger partial charge in [0.1, 0.15) is 29.8 Å². The van der Waals surface area contributed by atoms with Crippen LogP contribution >= 0.6 is 23.2 Å². The molecular formula is C41H49Cl2N9O7. The SMILES string of the molecule is CC(C)(C)OC(=O)N[C@@H](Cc1c[nH]c2ccccc12)C(=O)N1CCC[C@H]1C(=O)N[C@@H](CC1=CNCN1)C(=O)NC[C@H]1CO[C@](Cn2ccnc2)(c2ccc(Cl)cc2Cl)O1. The molecule has 2 aromatic carbocycles. The summed E-state index contributed by atoms with van der Waals surface area (Å²) in [6, 6.07) is 9.82. The number of carbonyl (C=O) groups excluding carboxylic acids is 4. The maximum absolute atomic E-state index is 14.4. The number of H-pyrrole nitrogens is 1. The van der Waals surface area contributed by atoms with Crippen molar-refractivity contribution in [2.45, 2.75) is 88.6 Å². The number of likely N-dealkylation sites (tertiary alicyclic amines) is 1. The summed E-state index contributed by atoms with van der Waals surface area (Å²) in [5, 5.41) is 16.6. The van der Waals surface area contributed by atoms with Gasteiger partial charge >= 0.3 is 6.09 Å². The molecule has 4 aromatic rings. The molecule has 7 rings (SSSR count). The lowest BCUT2D eigenvalue weighted by Gasteiger charge is -2.31.